The maximum Gasteiger partial charge on any atom is 0.150 e. The van der Waals surface area contributed by atoms with Crippen molar-refractivity contribution in [3.05, 3.63) is 22.7 Å². The smallest absolute Gasteiger partial charge is 0.150 e. The van der Waals surface area contributed by atoms with E-state index in [-0.39, 0.29) is 11.5 Å². The van der Waals surface area contributed by atoms with E-state index in [1.165, 1.54) is 0 Å². The fraction of sp³-hybridized carbons (Fsp3) is 0.455. The highest BCUT2D eigenvalue weighted by Crippen LogP contribution is 2.28. The van der Waals surface area contributed by atoms with Gasteiger partial charge < -0.3 is 5.73 Å². The van der Waals surface area contributed by atoms with Crippen LogP contribution >= 0.6 is 27.7 Å². The number of hydrogen-bond donors (Lipinski definition) is 1. The molecule has 0 atom stereocenters. The van der Waals surface area contributed by atoms with Crippen LogP contribution < -0.4 is 5.73 Å². The number of sulfone groups is 1. The van der Waals surface area contributed by atoms with Crippen LogP contribution in [-0.4, -0.2) is 25.7 Å². The van der Waals surface area contributed by atoms with Crippen LogP contribution in [0.5, 0.6) is 0 Å². The summed E-state index contributed by atoms with van der Waals surface area (Å²) in [6, 6.07) is 5.73. The molecule has 0 saturated heterocycles. The Balaban J connectivity index is 2.41. The van der Waals surface area contributed by atoms with E-state index in [1.807, 2.05) is 18.2 Å². The first-order valence-electron chi connectivity index (χ1n) is 5.33. The van der Waals surface area contributed by atoms with Crippen molar-refractivity contribution in [2.24, 2.45) is 0 Å². The average molecular weight is 338 g/mol. The summed E-state index contributed by atoms with van der Waals surface area (Å²) in [5, 5.41) is 0. The van der Waals surface area contributed by atoms with Gasteiger partial charge in [0.15, 0.2) is 0 Å². The minimum Gasteiger partial charge on any atom is -0.398 e. The molecule has 0 aliphatic rings. The highest BCUT2D eigenvalue weighted by molar-refractivity contribution is 9.10. The number of anilines is 1. The summed E-state index contributed by atoms with van der Waals surface area (Å²) in [6.07, 6.45) is 0.663. The van der Waals surface area contributed by atoms with Crippen molar-refractivity contribution in [3.63, 3.8) is 0 Å². The maximum atomic E-state index is 11.3. The van der Waals surface area contributed by atoms with E-state index < -0.39 is 9.84 Å². The third-order valence-electron chi connectivity index (χ3n) is 2.27. The summed E-state index contributed by atoms with van der Waals surface area (Å²) in [6.45, 7) is 1.68. The van der Waals surface area contributed by atoms with Crippen LogP contribution in [0.3, 0.4) is 0 Å². The number of benzene rings is 1. The molecule has 0 aliphatic carbocycles. The molecule has 1 aromatic carbocycles. The van der Waals surface area contributed by atoms with Crippen molar-refractivity contribution < 1.29 is 8.42 Å². The molecule has 96 valence electrons. The number of nitrogens with two attached hydrogens (primary N) is 1. The van der Waals surface area contributed by atoms with Gasteiger partial charge in [0.25, 0.3) is 0 Å². The largest absolute Gasteiger partial charge is 0.398 e. The van der Waals surface area contributed by atoms with Crippen LogP contribution in [0.4, 0.5) is 5.69 Å². The molecular formula is C11H16BrNO2S2. The summed E-state index contributed by atoms with van der Waals surface area (Å²) in [7, 11) is -2.84. The quantitative estimate of drug-likeness (QED) is 0.492. The molecule has 0 aliphatic heterocycles. The first-order valence-corrected chi connectivity index (χ1v) is 8.93. The zero-order valence-corrected chi connectivity index (χ0v) is 12.9. The summed E-state index contributed by atoms with van der Waals surface area (Å²) in [4.78, 5) is 1.00. The fourth-order valence-corrected chi connectivity index (χ4v) is 3.59. The van der Waals surface area contributed by atoms with Gasteiger partial charge in [0.1, 0.15) is 9.84 Å². The molecule has 3 nitrogen and oxygen atoms in total. The lowest BCUT2D eigenvalue weighted by Gasteiger charge is -2.05. The van der Waals surface area contributed by atoms with Gasteiger partial charge in [-0.2, -0.15) is 0 Å². The van der Waals surface area contributed by atoms with Crippen molar-refractivity contribution >= 4 is 43.2 Å². The second-order valence-electron chi connectivity index (χ2n) is 3.62. The predicted octanol–water partition coefficient (Wildman–Crippen LogP) is 2.95. The third-order valence-corrected chi connectivity index (χ3v) is 5.73. The van der Waals surface area contributed by atoms with E-state index in [1.54, 1.807) is 18.7 Å². The van der Waals surface area contributed by atoms with E-state index in [4.69, 9.17) is 5.73 Å². The molecule has 0 saturated carbocycles. The molecule has 0 fully saturated rings. The van der Waals surface area contributed by atoms with E-state index in [9.17, 15) is 8.42 Å². The molecule has 0 unspecified atom stereocenters. The van der Waals surface area contributed by atoms with Gasteiger partial charge in [0, 0.05) is 20.8 Å². The maximum absolute atomic E-state index is 11.3. The standard InChI is InChI=1S/C11H16BrNO2S2/c1-2-17(14,15)7-3-6-16-11-5-4-9(12)8-10(11)13/h4-5,8H,2-3,6-7,13H2,1H3. The summed E-state index contributed by atoms with van der Waals surface area (Å²) >= 11 is 4.94. The van der Waals surface area contributed by atoms with Crippen LogP contribution in [-0.2, 0) is 9.84 Å². The molecule has 0 bridgehead atoms. The lowest BCUT2D eigenvalue weighted by Crippen LogP contribution is -2.09. The van der Waals surface area contributed by atoms with Crippen molar-refractivity contribution in [1.82, 2.24) is 0 Å². The van der Waals surface area contributed by atoms with E-state index in [0.717, 1.165) is 20.8 Å². The lowest BCUT2D eigenvalue weighted by molar-refractivity contribution is 0.596. The summed E-state index contributed by atoms with van der Waals surface area (Å²) < 4.78 is 23.5. The molecule has 0 amide bonds. The Morgan fingerprint density at radius 2 is 2.12 bits per heavy atom. The normalized spacial score (nSPS) is 11.6. The molecule has 2 N–H and O–H groups in total. The molecular weight excluding hydrogens is 322 g/mol. The van der Waals surface area contributed by atoms with Crippen LogP contribution in [0.2, 0.25) is 0 Å². The molecule has 0 radical (unpaired) electrons. The van der Waals surface area contributed by atoms with Crippen LogP contribution in [0.25, 0.3) is 0 Å². The van der Waals surface area contributed by atoms with Gasteiger partial charge in [-0.15, -0.1) is 11.8 Å². The van der Waals surface area contributed by atoms with Crippen molar-refractivity contribution in [3.8, 4) is 0 Å². The fourth-order valence-electron chi connectivity index (χ4n) is 1.26. The third kappa shape index (κ3) is 5.31. The van der Waals surface area contributed by atoms with Gasteiger partial charge in [-0.05, 0) is 30.4 Å². The van der Waals surface area contributed by atoms with Gasteiger partial charge in [0.2, 0.25) is 0 Å². The van der Waals surface area contributed by atoms with Gasteiger partial charge in [-0.3, -0.25) is 0 Å². The highest BCUT2D eigenvalue weighted by Gasteiger charge is 2.07. The Bertz CT molecular complexity index is 474. The van der Waals surface area contributed by atoms with Crippen LogP contribution in [0.1, 0.15) is 13.3 Å². The molecule has 1 rings (SSSR count). The van der Waals surface area contributed by atoms with Gasteiger partial charge in [0.05, 0.1) is 5.75 Å². The highest BCUT2D eigenvalue weighted by atomic mass is 79.9. The number of hydrogen-bond acceptors (Lipinski definition) is 4. The van der Waals surface area contributed by atoms with Gasteiger partial charge >= 0.3 is 0 Å². The lowest BCUT2D eigenvalue weighted by atomic mass is 10.3. The number of nitrogen functional groups attached to an aromatic ring is 1. The summed E-state index contributed by atoms with van der Waals surface area (Å²) in [5.74, 6) is 1.25. The molecule has 17 heavy (non-hydrogen) atoms. The molecule has 0 aromatic heterocycles. The van der Waals surface area contributed by atoms with Crippen molar-refractivity contribution in [1.29, 1.82) is 0 Å². The molecule has 0 spiro atoms. The van der Waals surface area contributed by atoms with Gasteiger partial charge in [-0.25, -0.2) is 8.42 Å². The van der Waals surface area contributed by atoms with E-state index in [0.29, 0.717) is 6.42 Å². The van der Waals surface area contributed by atoms with Crippen molar-refractivity contribution in [2.75, 3.05) is 23.0 Å². The summed E-state index contributed by atoms with van der Waals surface area (Å²) in [5.41, 5.74) is 6.57. The van der Waals surface area contributed by atoms with Crippen LogP contribution in [0.15, 0.2) is 27.6 Å². The zero-order chi connectivity index (χ0) is 12.9. The minimum atomic E-state index is -2.84. The Morgan fingerprint density at radius 3 is 2.71 bits per heavy atom. The SMILES string of the molecule is CCS(=O)(=O)CCCSc1ccc(Br)cc1N. The Kier molecular flexibility index (Phi) is 5.82. The molecule has 0 heterocycles. The second-order valence-corrected chi connectivity index (χ2v) is 8.15. The Morgan fingerprint density at radius 1 is 1.41 bits per heavy atom. The topological polar surface area (TPSA) is 60.2 Å². The van der Waals surface area contributed by atoms with E-state index in [2.05, 4.69) is 15.9 Å². The zero-order valence-electron chi connectivity index (χ0n) is 9.65. The minimum absolute atomic E-state index is 0.220. The van der Waals surface area contributed by atoms with Crippen molar-refractivity contribution in [2.45, 2.75) is 18.2 Å². The average Bonchev–Trinajstić information content (AvgIpc) is 2.27. The first-order chi connectivity index (χ1) is 7.94. The number of rotatable bonds is 6. The van der Waals surface area contributed by atoms with Gasteiger partial charge in [-0.1, -0.05) is 22.9 Å². The Labute approximate surface area is 115 Å². The predicted molar refractivity (Wildman–Crippen MR) is 78.2 cm³/mol. The van der Waals surface area contributed by atoms with Crippen LogP contribution in [0, 0.1) is 0 Å². The number of halogens is 1. The monoisotopic (exact) mass is 337 g/mol. The van der Waals surface area contributed by atoms with E-state index >= 15 is 0 Å². The second kappa shape index (κ2) is 6.66. The Hall–Kier alpha value is -0.200. The molecule has 1 aromatic rings. The molecule has 6 heteroatoms. The first kappa shape index (κ1) is 14.9. The number of thioether (sulfide) groups is 1.